The van der Waals surface area contributed by atoms with Gasteiger partial charge in [0.25, 0.3) is 0 Å². The van der Waals surface area contributed by atoms with E-state index >= 15 is 0 Å². The van der Waals surface area contributed by atoms with E-state index in [0.29, 0.717) is 18.4 Å². The van der Waals surface area contributed by atoms with Crippen LogP contribution in [0.25, 0.3) is 0 Å². The fourth-order valence-electron chi connectivity index (χ4n) is 2.03. The van der Waals surface area contributed by atoms with E-state index in [2.05, 4.69) is 4.72 Å². The second-order valence-electron chi connectivity index (χ2n) is 5.09. The number of benzene rings is 1. The van der Waals surface area contributed by atoms with Crippen LogP contribution in [0.15, 0.2) is 23.1 Å². The number of carbonyl (C=O) groups is 1. The first-order valence-corrected chi connectivity index (χ1v) is 8.25. The molecule has 0 aromatic heterocycles. The number of amides is 1. The third-order valence-corrected chi connectivity index (χ3v) is 5.37. The van der Waals surface area contributed by atoms with Crippen LogP contribution in [0.4, 0.5) is 0 Å². The van der Waals surface area contributed by atoms with Gasteiger partial charge in [-0.25, -0.2) is 13.1 Å². The summed E-state index contributed by atoms with van der Waals surface area (Å²) in [5.74, 6) is -0.677. The van der Waals surface area contributed by atoms with Crippen LogP contribution in [-0.4, -0.2) is 31.6 Å². The number of aliphatic hydroxyl groups excluding tert-OH is 1. The molecular formula is C14H22N2O4S. The topological polar surface area (TPSA) is 109 Å². The number of sulfonamides is 1. The Labute approximate surface area is 125 Å². The summed E-state index contributed by atoms with van der Waals surface area (Å²) in [5.41, 5.74) is 5.11. The normalized spacial score (nSPS) is 12.4. The van der Waals surface area contributed by atoms with Gasteiger partial charge in [0.1, 0.15) is 0 Å². The van der Waals surface area contributed by atoms with E-state index in [1.165, 1.54) is 18.2 Å². The van der Waals surface area contributed by atoms with Crippen LogP contribution in [0.5, 0.6) is 0 Å². The zero-order valence-electron chi connectivity index (χ0n) is 12.5. The smallest absolute Gasteiger partial charge is 0.249 e. The number of hydrogen-bond donors (Lipinski definition) is 3. The predicted octanol–water partition coefficient (Wildman–Crippen LogP) is 0.923. The van der Waals surface area contributed by atoms with Crippen molar-refractivity contribution < 1.29 is 18.3 Å². The van der Waals surface area contributed by atoms with E-state index in [-0.39, 0.29) is 17.1 Å². The van der Waals surface area contributed by atoms with Gasteiger partial charge in [0.05, 0.1) is 17.0 Å². The molecule has 21 heavy (non-hydrogen) atoms. The van der Waals surface area contributed by atoms with Crippen molar-refractivity contribution in [2.75, 3.05) is 6.61 Å². The van der Waals surface area contributed by atoms with E-state index in [4.69, 9.17) is 5.73 Å². The van der Waals surface area contributed by atoms with Crippen molar-refractivity contribution in [3.63, 3.8) is 0 Å². The second kappa shape index (κ2) is 6.55. The van der Waals surface area contributed by atoms with E-state index in [1.54, 1.807) is 20.8 Å². The average Bonchev–Trinajstić information content (AvgIpc) is 2.44. The average molecular weight is 314 g/mol. The number of primary amides is 1. The SMILES string of the molecule is CCC(CC)(CO)NS(=O)(=O)c1ccc(C)c(C(N)=O)c1. The number of aryl methyl sites for hydroxylation is 1. The maximum Gasteiger partial charge on any atom is 0.249 e. The van der Waals surface area contributed by atoms with E-state index in [0.717, 1.165) is 0 Å². The molecule has 0 bridgehead atoms. The summed E-state index contributed by atoms with van der Waals surface area (Å²) < 4.78 is 27.4. The predicted molar refractivity (Wildman–Crippen MR) is 80.4 cm³/mol. The van der Waals surface area contributed by atoms with Gasteiger partial charge in [-0.1, -0.05) is 19.9 Å². The molecule has 1 rings (SSSR count). The van der Waals surface area contributed by atoms with Gasteiger partial charge >= 0.3 is 0 Å². The van der Waals surface area contributed by atoms with Crippen LogP contribution in [0.2, 0.25) is 0 Å². The maximum absolute atomic E-state index is 12.4. The molecule has 0 heterocycles. The lowest BCUT2D eigenvalue weighted by molar-refractivity contribution is 0.0999. The Morgan fingerprint density at radius 1 is 1.33 bits per heavy atom. The highest BCUT2D eigenvalue weighted by atomic mass is 32.2. The standard InChI is InChI=1S/C14H22N2O4S/c1-4-14(5-2,9-17)16-21(19,20)11-7-6-10(3)12(8-11)13(15)18/h6-8,16-17H,4-5,9H2,1-3H3,(H2,15,18). The van der Waals surface area contributed by atoms with E-state index in [1.807, 2.05) is 0 Å². The van der Waals surface area contributed by atoms with Crippen molar-refractivity contribution in [3.8, 4) is 0 Å². The molecule has 0 fully saturated rings. The molecule has 0 unspecified atom stereocenters. The van der Waals surface area contributed by atoms with Crippen molar-refractivity contribution in [2.45, 2.75) is 44.0 Å². The minimum absolute atomic E-state index is 0.0402. The minimum Gasteiger partial charge on any atom is -0.394 e. The number of rotatable bonds is 7. The molecule has 4 N–H and O–H groups in total. The summed E-state index contributed by atoms with van der Waals surface area (Å²) in [5, 5.41) is 9.47. The third kappa shape index (κ3) is 3.81. The van der Waals surface area contributed by atoms with Crippen molar-refractivity contribution in [2.24, 2.45) is 5.73 Å². The molecule has 0 atom stereocenters. The van der Waals surface area contributed by atoms with Gasteiger partial charge in [-0.05, 0) is 37.5 Å². The van der Waals surface area contributed by atoms with Crippen molar-refractivity contribution in [3.05, 3.63) is 29.3 Å². The quantitative estimate of drug-likeness (QED) is 0.695. The Hall–Kier alpha value is -1.44. The molecule has 0 aliphatic heterocycles. The number of carbonyl (C=O) groups excluding carboxylic acids is 1. The van der Waals surface area contributed by atoms with Crippen LogP contribution in [0.3, 0.4) is 0 Å². The molecule has 1 amide bonds. The molecular weight excluding hydrogens is 292 g/mol. The molecule has 0 spiro atoms. The van der Waals surface area contributed by atoms with Gasteiger partial charge in [0.2, 0.25) is 15.9 Å². The molecule has 0 aliphatic carbocycles. The molecule has 0 saturated carbocycles. The Balaban J connectivity index is 3.26. The van der Waals surface area contributed by atoms with Crippen molar-refractivity contribution in [1.29, 1.82) is 0 Å². The molecule has 118 valence electrons. The van der Waals surface area contributed by atoms with Gasteiger partial charge in [0, 0.05) is 5.56 Å². The Morgan fingerprint density at radius 2 is 1.90 bits per heavy atom. The monoisotopic (exact) mass is 314 g/mol. The number of nitrogens with one attached hydrogen (secondary N) is 1. The van der Waals surface area contributed by atoms with E-state index < -0.39 is 21.5 Å². The largest absolute Gasteiger partial charge is 0.394 e. The number of nitrogens with two attached hydrogens (primary N) is 1. The Bertz CT molecular complexity index is 614. The molecule has 0 radical (unpaired) electrons. The molecule has 0 aliphatic rings. The van der Waals surface area contributed by atoms with Crippen LogP contribution < -0.4 is 10.5 Å². The summed E-state index contributed by atoms with van der Waals surface area (Å²) in [6.07, 6.45) is 0.904. The Morgan fingerprint density at radius 3 is 2.33 bits per heavy atom. The summed E-state index contributed by atoms with van der Waals surface area (Å²) in [7, 11) is -3.84. The lowest BCUT2D eigenvalue weighted by atomic mass is 9.96. The summed E-state index contributed by atoms with van der Waals surface area (Å²) in [4.78, 5) is 11.3. The highest BCUT2D eigenvalue weighted by Gasteiger charge is 2.31. The summed E-state index contributed by atoms with van der Waals surface area (Å²) >= 11 is 0. The van der Waals surface area contributed by atoms with Gasteiger partial charge in [-0.3, -0.25) is 4.79 Å². The van der Waals surface area contributed by atoms with Gasteiger partial charge in [-0.15, -0.1) is 0 Å². The van der Waals surface area contributed by atoms with Gasteiger partial charge in [-0.2, -0.15) is 0 Å². The first kappa shape index (κ1) is 17.6. The molecule has 6 nitrogen and oxygen atoms in total. The first-order chi connectivity index (χ1) is 9.71. The lowest BCUT2D eigenvalue weighted by Gasteiger charge is -2.30. The molecule has 1 aromatic carbocycles. The summed E-state index contributed by atoms with van der Waals surface area (Å²) in [6.45, 7) is 4.98. The number of aliphatic hydroxyl groups is 1. The molecule has 1 aromatic rings. The third-order valence-electron chi connectivity index (χ3n) is 3.79. The van der Waals surface area contributed by atoms with Crippen LogP contribution in [0.1, 0.15) is 42.6 Å². The first-order valence-electron chi connectivity index (χ1n) is 6.76. The Kier molecular flexibility index (Phi) is 5.49. The maximum atomic E-state index is 12.4. The molecule has 0 saturated heterocycles. The zero-order valence-corrected chi connectivity index (χ0v) is 13.3. The van der Waals surface area contributed by atoms with Crippen LogP contribution in [-0.2, 0) is 10.0 Å². The number of hydrogen-bond acceptors (Lipinski definition) is 4. The fraction of sp³-hybridized carbons (Fsp3) is 0.500. The summed E-state index contributed by atoms with van der Waals surface area (Å²) in [6, 6.07) is 4.21. The van der Waals surface area contributed by atoms with Crippen LogP contribution >= 0.6 is 0 Å². The van der Waals surface area contributed by atoms with Gasteiger partial charge < -0.3 is 10.8 Å². The van der Waals surface area contributed by atoms with E-state index in [9.17, 15) is 18.3 Å². The van der Waals surface area contributed by atoms with Crippen molar-refractivity contribution in [1.82, 2.24) is 4.72 Å². The zero-order chi connectivity index (χ0) is 16.3. The minimum atomic E-state index is -3.84. The lowest BCUT2D eigenvalue weighted by Crippen LogP contribution is -2.50. The van der Waals surface area contributed by atoms with Crippen LogP contribution in [0, 0.1) is 6.92 Å². The molecule has 7 heteroatoms. The fourth-order valence-corrected chi connectivity index (χ4v) is 3.59. The highest BCUT2D eigenvalue weighted by molar-refractivity contribution is 7.89. The highest BCUT2D eigenvalue weighted by Crippen LogP contribution is 2.21. The van der Waals surface area contributed by atoms with Gasteiger partial charge in [0.15, 0.2) is 0 Å². The van der Waals surface area contributed by atoms with Crippen molar-refractivity contribution >= 4 is 15.9 Å². The second-order valence-corrected chi connectivity index (χ2v) is 6.77.